The molecule has 0 radical (unpaired) electrons. The highest BCUT2D eigenvalue weighted by molar-refractivity contribution is 9.10. The van der Waals surface area contributed by atoms with Crippen LogP contribution in [0.5, 0.6) is 0 Å². The minimum Gasteiger partial charge on any atom is -0.321 e. The fourth-order valence-electron chi connectivity index (χ4n) is 2.66. The standard InChI is InChI=1S/C20H14BrClN4O/c1-12-6-8-13(9-7-12)26-24-18-10-16(22)17(11-19(18)25-26)23-20(27)14-4-2-3-5-15(14)21/h2-11H,1H3,(H,23,27). The number of nitrogens with zero attached hydrogens (tertiary/aromatic N) is 3. The normalized spacial score (nSPS) is 10.9. The first kappa shape index (κ1) is 17.7. The minimum absolute atomic E-state index is 0.255. The third-order valence-electron chi connectivity index (χ3n) is 4.10. The lowest BCUT2D eigenvalue weighted by atomic mass is 10.2. The molecule has 4 aromatic rings. The van der Waals surface area contributed by atoms with Gasteiger partial charge in [0.25, 0.3) is 5.91 Å². The van der Waals surface area contributed by atoms with Crippen molar-refractivity contribution in [2.75, 3.05) is 5.32 Å². The lowest BCUT2D eigenvalue weighted by molar-refractivity contribution is 0.102. The van der Waals surface area contributed by atoms with Crippen molar-refractivity contribution in [2.45, 2.75) is 6.92 Å². The Morgan fingerprint density at radius 1 is 1.04 bits per heavy atom. The van der Waals surface area contributed by atoms with Gasteiger partial charge in [-0.2, -0.15) is 4.80 Å². The topological polar surface area (TPSA) is 59.8 Å². The van der Waals surface area contributed by atoms with Crippen molar-refractivity contribution in [3.8, 4) is 5.69 Å². The van der Waals surface area contributed by atoms with Crippen molar-refractivity contribution >= 4 is 50.2 Å². The molecule has 0 aliphatic heterocycles. The molecule has 5 nitrogen and oxygen atoms in total. The monoisotopic (exact) mass is 440 g/mol. The molecular formula is C20H14BrClN4O. The van der Waals surface area contributed by atoms with Crippen LogP contribution in [-0.4, -0.2) is 20.9 Å². The van der Waals surface area contributed by atoms with E-state index in [1.54, 1.807) is 29.1 Å². The fraction of sp³-hybridized carbons (Fsp3) is 0.0500. The molecule has 134 valence electrons. The number of benzene rings is 3. The number of nitrogens with one attached hydrogen (secondary N) is 1. The van der Waals surface area contributed by atoms with Crippen molar-refractivity contribution < 1.29 is 4.79 Å². The number of aromatic nitrogens is 3. The summed E-state index contributed by atoms with van der Waals surface area (Å²) in [7, 11) is 0. The van der Waals surface area contributed by atoms with Crippen LogP contribution in [0.1, 0.15) is 15.9 Å². The van der Waals surface area contributed by atoms with Gasteiger partial charge >= 0.3 is 0 Å². The molecule has 0 unspecified atom stereocenters. The molecule has 0 fully saturated rings. The van der Waals surface area contributed by atoms with Crippen LogP contribution in [0.4, 0.5) is 5.69 Å². The lowest BCUT2D eigenvalue weighted by Crippen LogP contribution is -2.12. The van der Waals surface area contributed by atoms with E-state index in [0.717, 1.165) is 11.3 Å². The van der Waals surface area contributed by atoms with Gasteiger partial charge in [-0.3, -0.25) is 4.79 Å². The molecular weight excluding hydrogens is 428 g/mol. The molecule has 0 aliphatic carbocycles. The Morgan fingerprint density at radius 2 is 1.70 bits per heavy atom. The van der Waals surface area contributed by atoms with Gasteiger partial charge in [0, 0.05) is 4.47 Å². The van der Waals surface area contributed by atoms with Crippen LogP contribution in [0.25, 0.3) is 16.7 Å². The van der Waals surface area contributed by atoms with Gasteiger partial charge in [-0.15, -0.1) is 10.2 Å². The molecule has 3 aromatic carbocycles. The van der Waals surface area contributed by atoms with Gasteiger partial charge in [-0.05, 0) is 59.3 Å². The van der Waals surface area contributed by atoms with E-state index in [0.29, 0.717) is 31.8 Å². The molecule has 1 heterocycles. The maximum atomic E-state index is 12.5. The number of rotatable bonds is 3. The molecule has 1 N–H and O–H groups in total. The van der Waals surface area contributed by atoms with E-state index in [4.69, 9.17) is 11.6 Å². The Hall–Kier alpha value is -2.70. The van der Waals surface area contributed by atoms with Gasteiger partial charge in [0.2, 0.25) is 0 Å². The average molecular weight is 442 g/mol. The molecule has 0 aliphatic rings. The summed E-state index contributed by atoms with van der Waals surface area (Å²) in [5, 5.41) is 12.2. The molecule has 0 atom stereocenters. The molecule has 0 saturated heterocycles. The number of carbonyl (C=O) groups is 1. The highest BCUT2D eigenvalue weighted by Crippen LogP contribution is 2.28. The van der Waals surface area contributed by atoms with E-state index >= 15 is 0 Å². The smallest absolute Gasteiger partial charge is 0.256 e. The largest absolute Gasteiger partial charge is 0.321 e. The Labute approximate surface area is 169 Å². The van der Waals surface area contributed by atoms with Crippen LogP contribution < -0.4 is 5.32 Å². The number of hydrogen-bond donors (Lipinski definition) is 1. The summed E-state index contributed by atoms with van der Waals surface area (Å²) in [6, 6.07) is 18.5. The zero-order valence-corrected chi connectivity index (χ0v) is 16.6. The molecule has 0 saturated carbocycles. The summed E-state index contributed by atoms with van der Waals surface area (Å²) >= 11 is 9.73. The third kappa shape index (κ3) is 3.59. The van der Waals surface area contributed by atoms with Gasteiger partial charge in [0.15, 0.2) is 0 Å². The highest BCUT2D eigenvalue weighted by Gasteiger charge is 2.14. The summed E-state index contributed by atoms with van der Waals surface area (Å²) < 4.78 is 0.713. The summed E-state index contributed by atoms with van der Waals surface area (Å²) in [5.41, 5.74) is 4.32. The summed E-state index contributed by atoms with van der Waals surface area (Å²) in [4.78, 5) is 14.1. The second kappa shape index (κ2) is 7.13. The zero-order chi connectivity index (χ0) is 19.0. The van der Waals surface area contributed by atoms with Crippen molar-refractivity contribution in [2.24, 2.45) is 0 Å². The van der Waals surface area contributed by atoms with Crippen LogP contribution in [0.3, 0.4) is 0 Å². The summed E-state index contributed by atoms with van der Waals surface area (Å²) in [6.45, 7) is 2.02. The van der Waals surface area contributed by atoms with Crippen molar-refractivity contribution in [1.82, 2.24) is 15.0 Å². The maximum absolute atomic E-state index is 12.5. The Morgan fingerprint density at radius 3 is 2.41 bits per heavy atom. The SMILES string of the molecule is Cc1ccc(-n2nc3cc(Cl)c(NC(=O)c4ccccc4Br)cc3n2)cc1. The molecule has 1 amide bonds. The van der Waals surface area contributed by atoms with E-state index < -0.39 is 0 Å². The van der Waals surface area contributed by atoms with Gasteiger partial charge in [0.1, 0.15) is 11.0 Å². The number of anilines is 1. The van der Waals surface area contributed by atoms with Gasteiger partial charge in [0.05, 0.1) is 22.0 Å². The van der Waals surface area contributed by atoms with E-state index in [-0.39, 0.29) is 5.91 Å². The second-order valence-electron chi connectivity index (χ2n) is 6.08. The number of fused-ring (bicyclic) bond motifs is 1. The molecule has 4 rings (SSSR count). The Kier molecular flexibility index (Phi) is 4.68. The van der Waals surface area contributed by atoms with Crippen molar-refractivity contribution in [3.63, 3.8) is 0 Å². The molecule has 0 bridgehead atoms. The minimum atomic E-state index is -0.255. The third-order valence-corrected chi connectivity index (χ3v) is 5.10. The van der Waals surface area contributed by atoms with Gasteiger partial charge in [-0.25, -0.2) is 0 Å². The summed E-state index contributed by atoms with van der Waals surface area (Å²) in [6.07, 6.45) is 0. The number of amides is 1. The van der Waals surface area contributed by atoms with Crippen LogP contribution in [0.2, 0.25) is 5.02 Å². The molecule has 0 spiro atoms. The zero-order valence-electron chi connectivity index (χ0n) is 14.3. The number of aryl methyl sites for hydroxylation is 1. The fourth-order valence-corrected chi connectivity index (χ4v) is 3.33. The predicted octanol–water partition coefficient (Wildman–Crippen LogP) is 5.40. The Balaban J connectivity index is 1.68. The van der Waals surface area contributed by atoms with Crippen LogP contribution in [0.15, 0.2) is 65.1 Å². The van der Waals surface area contributed by atoms with E-state index in [2.05, 4.69) is 31.4 Å². The van der Waals surface area contributed by atoms with E-state index in [1.807, 2.05) is 43.3 Å². The highest BCUT2D eigenvalue weighted by atomic mass is 79.9. The summed E-state index contributed by atoms with van der Waals surface area (Å²) in [5.74, 6) is -0.255. The molecule has 7 heteroatoms. The second-order valence-corrected chi connectivity index (χ2v) is 7.34. The molecule has 1 aromatic heterocycles. The van der Waals surface area contributed by atoms with Crippen molar-refractivity contribution in [3.05, 3.63) is 81.3 Å². The van der Waals surface area contributed by atoms with Crippen LogP contribution >= 0.6 is 27.5 Å². The maximum Gasteiger partial charge on any atom is 0.256 e. The quantitative estimate of drug-likeness (QED) is 0.463. The van der Waals surface area contributed by atoms with Crippen LogP contribution in [0, 0.1) is 6.92 Å². The molecule has 27 heavy (non-hydrogen) atoms. The van der Waals surface area contributed by atoms with E-state index in [1.165, 1.54) is 0 Å². The average Bonchev–Trinajstić information content (AvgIpc) is 3.05. The number of hydrogen-bond acceptors (Lipinski definition) is 3. The van der Waals surface area contributed by atoms with Crippen molar-refractivity contribution in [1.29, 1.82) is 0 Å². The first-order valence-electron chi connectivity index (χ1n) is 8.21. The number of halogens is 2. The first-order chi connectivity index (χ1) is 13.0. The lowest BCUT2D eigenvalue weighted by Gasteiger charge is -2.08. The number of carbonyl (C=O) groups excluding carboxylic acids is 1. The van der Waals surface area contributed by atoms with Gasteiger partial charge in [-0.1, -0.05) is 41.4 Å². The van der Waals surface area contributed by atoms with Gasteiger partial charge < -0.3 is 5.32 Å². The predicted molar refractivity (Wildman–Crippen MR) is 111 cm³/mol. The Bertz CT molecular complexity index is 1150. The van der Waals surface area contributed by atoms with E-state index in [9.17, 15) is 4.79 Å². The van der Waals surface area contributed by atoms with Crippen LogP contribution in [-0.2, 0) is 0 Å². The first-order valence-corrected chi connectivity index (χ1v) is 9.38.